The summed E-state index contributed by atoms with van der Waals surface area (Å²) in [5.74, 6) is 2.36. The number of rotatable bonds is 4. The van der Waals surface area contributed by atoms with E-state index in [1.54, 1.807) is 0 Å². The van der Waals surface area contributed by atoms with Crippen molar-refractivity contribution < 1.29 is 13.6 Å². The van der Waals surface area contributed by atoms with Crippen molar-refractivity contribution >= 4 is 60.7 Å². The molecule has 1 spiro atoms. The summed E-state index contributed by atoms with van der Waals surface area (Å²) in [6.07, 6.45) is 0. The molecule has 0 bridgehead atoms. The monoisotopic (exact) mass is 755 g/mol. The fraction of sp³-hybridized carbons (Fsp3) is 0.0182. The smallest absolute Gasteiger partial charge is 0.178 e. The molecule has 3 heterocycles. The SMILES string of the molecule is c1ccc(-c2ccc(N(c3ccc4c(c3)Oc3c(oc5ccccc35)C43c4ccccc4-c4ccccc43)c3ccc4oc5ccccc5c4c3)c3ccccc23)cc1. The van der Waals surface area contributed by atoms with Crippen molar-refractivity contribution in [2.75, 3.05) is 4.90 Å². The van der Waals surface area contributed by atoms with E-state index in [1.165, 1.54) is 38.8 Å². The van der Waals surface area contributed by atoms with E-state index in [2.05, 4.69) is 181 Å². The van der Waals surface area contributed by atoms with Crippen LogP contribution in [-0.4, -0.2) is 0 Å². The van der Waals surface area contributed by atoms with Crippen molar-refractivity contribution in [1.82, 2.24) is 0 Å². The Labute approximate surface area is 339 Å². The summed E-state index contributed by atoms with van der Waals surface area (Å²) in [7, 11) is 0. The van der Waals surface area contributed by atoms with Gasteiger partial charge in [0.25, 0.3) is 0 Å². The van der Waals surface area contributed by atoms with Gasteiger partial charge in [-0.05, 0) is 87.3 Å². The fourth-order valence-electron chi connectivity index (χ4n) is 10.0. The first-order valence-electron chi connectivity index (χ1n) is 20.1. The van der Waals surface area contributed by atoms with Crippen molar-refractivity contribution in [2.24, 2.45) is 0 Å². The highest BCUT2D eigenvalue weighted by atomic mass is 16.5. The average molecular weight is 756 g/mol. The molecule has 0 atom stereocenters. The van der Waals surface area contributed by atoms with Crippen molar-refractivity contribution in [1.29, 1.82) is 0 Å². The summed E-state index contributed by atoms with van der Waals surface area (Å²) in [6, 6.07) is 71.1. The molecule has 0 saturated carbocycles. The summed E-state index contributed by atoms with van der Waals surface area (Å²) in [5, 5.41) is 5.43. The van der Waals surface area contributed by atoms with E-state index >= 15 is 0 Å². The Kier molecular flexibility index (Phi) is 6.62. The number of furan rings is 2. The molecule has 0 radical (unpaired) electrons. The minimum absolute atomic E-state index is 0.725. The minimum atomic E-state index is -0.725. The van der Waals surface area contributed by atoms with Crippen molar-refractivity contribution in [2.45, 2.75) is 5.41 Å². The molecule has 0 fully saturated rings. The van der Waals surface area contributed by atoms with E-state index in [-0.39, 0.29) is 0 Å². The number of hydrogen-bond acceptors (Lipinski definition) is 4. The lowest BCUT2D eigenvalue weighted by molar-refractivity contribution is 0.389. The average Bonchev–Trinajstić information content (AvgIpc) is 3.96. The highest BCUT2D eigenvalue weighted by Crippen LogP contribution is 2.64. The van der Waals surface area contributed by atoms with Crippen molar-refractivity contribution in [3.63, 3.8) is 0 Å². The molecule has 0 saturated heterocycles. The molecule has 1 aliphatic heterocycles. The molecule has 276 valence electrons. The number of ether oxygens (including phenoxy) is 1. The maximum Gasteiger partial charge on any atom is 0.178 e. The third-order valence-electron chi connectivity index (χ3n) is 12.5. The predicted octanol–water partition coefficient (Wildman–Crippen LogP) is 15.1. The summed E-state index contributed by atoms with van der Waals surface area (Å²) in [4.78, 5) is 2.37. The molecule has 4 nitrogen and oxygen atoms in total. The topological polar surface area (TPSA) is 38.8 Å². The molecule has 4 heteroatoms. The van der Waals surface area contributed by atoms with E-state index in [4.69, 9.17) is 13.6 Å². The maximum absolute atomic E-state index is 7.15. The van der Waals surface area contributed by atoms with Crippen LogP contribution in [0.3, 0.4) is 0 Å². The summed E-state index contributed by atoms with van der Waals surface area (Å²) >= 11 is 0. The van der Waals surface area contributed by atoms with Crippen molar-refractivity contribution in [3.8, 4) is 33.8 Å². The molecule has 9 aromatic carbocycles. The number of benzene rings is 9. The Morgan fingerprint density at radius 3 is 1.75 bits per heavy atom. The predicted molar refractivity (Wildman–Crippen MR) is 238 cm³/mol. The number of hydrogen-bond donors (Lipinski definition) is 0. The van der Waals surface area contributed by atoms with Crippen LogP contribution in [0.1, 0.15) is 22.5 Å². The standard InChI is InChI=1S/C55H33NO3/c1-2-14-34(15-3-1)37-28-30-48(41-19-5-4-16-38(37)41)56(35-27-31-51-44(32-35)42-20-8-12-24-49(42)57-51)36-26-29-47-52(33-36)58-53-43-21-9-13-25-50(43)59-54(53)55(47)45-22-10-6-17-39(45)40-18-7-11-23-46(40)55/h1-33H. The maximum atomic E-state index is 7.15. The molecular weight excluding hydrogens is 723 g/mol. The third kappa shape index (κ3) is 4.43. The number of fused-ring (bicyclic) bond motifs is 15. The second-order valence-corrected chi connectivity index (χ2v) is 15.5. The van der Waals surface area contributed by atoms with Crippen LogP contribution in [0.5, 0.6) is 11.5 Å². The molecule has 13 rings (SSSR count). The van der Waals surface area contributed by atoms with E-state index in [0.717, 1.165) is 78.2 Å². The van der Waals surface area contributed by atoms with Crippen LogP contribution in [0.15, 0.2) is 209 Å². The first-order chi connectivity index (χ1) is 29.3. The zero-order chi connectivity index (χ0) is 38.7. The van der Waals surface area contributed by atoms with Gasteiger partial charge in [0.2, 0.25) is 0 Å². The lowest BCUT2D eigenvalue weighted by atomic mass is 9.69. The van der Waals surface area contributed by atoms with Gasteiger partial charge in [-0.1, -0.05) is 146 Å². The number of nitrogens with zero attached hydrogens (tertiary/aromatic N) is 1. The second kappa shape index (κ2) is 12.1. The zero-order valence-corrected chi connectivity index (χ0v) is 31.7. The molecule has 2 aliphatic rings. The Morgan fingerprint density at radius 1 is 0.373 bits per heavy atom. The highest BCUT2D eigenvalue weighted by Gasteiger charge is 2.54. The molecule has 11 aromatic rings. The van der Waals surface area contributed by atoms with Gasteiger partial charge in [-0.15, -0.1) is 0 Å². The van der Waals surface area contributed by atoms with Crippen LogP contribution in [0.2, 0.25) is 0 Å². The van der Waals surface area contributed by atoms with Gasteiger partial charge in [0.15, 0.2) is 11.5 Å². The Morgan fingerprint density at radius 2 is 0.966 bits per heavy atom. The first-order valence-corrected chi connectivity index (χ1v) is 20.1. The molecule has 2 aromatic heterocycles. The zero-order valence-electron chi connectivity index (χ0n) is 31.7. The molecular formula is C55H33NO3. The van der Waals surface area contributed by atoms with Crippen LogP contribution in [0, 0.1) is 0 Å². The van der Waals surface area contributed by atoms with Crippen LogP contribution in [0.25, 0.3) is 65.9 Å². The molecule has 0 amide bonds. The fourth-order valence-corrected chi connectivity index (χ4v) is 10.0. The molecule has 59 heavy (non-hydrogen) atoms. The third-order valence-corrected chi connectivity index (χ3v) is 12.5. The van der Waals surface area contributed by atoms with Gasteiger partial charge >= 0.3 is 0 Å². The lowest BCUT2D eigenvalue weighted by Crippen LogP contribution is -2.31. The Hall–Kier alpha value is -7.82. The van der Waals surface area contributed by atoms with E-state index in [1.807, 2.05) is 24.3 Å². The van der Waals surface area contributed by atoms with E-state index in [9.17, 15) is 0 Å². The van der Waals surface area contributed by atoms with Gasteiger partial charge in [0, 0.05) is 39.2 Å². The second-order valence-electron chi connectivity index (χ2n) is 15.5. The van der Waals surface area contributed by atoms with Crippen molar-refractivity contribution in [3.05, 3.63) is 223 Å². The molecule has 1 aliphatic carbocycles. The van der Waals surface area contributed by atoms with Crippen LogP contribution < -0.4 is 9.64 Å². The highest BCUT2D eigenvalue weighted by molar-refractivity contribution is 6.09. The number of anilines is 3. The molecule has 0 N–H and O–H groups in total. The quantitative estimate of drug-likeness (QED) is 0.179. The van der Waals surface area contributed by atoms with Crippen LogP contribution >= 0.6 is 0 Å². The summed E-state index contributed by atoms with van der Waals surface area (Å²) in [6.45, 7) is 0. The summed E-state index contributed by atoms with van der Waals surface area (Å²) < 4.78 is 20.4. The Balaban J connectivity index is 1.09. The first kappa shape index (κ1) is 32.3. The van der Waals surface area contributed by atoms with Gasteiger partial charge in [0.1, 0.15) is 27.9 Å². The molecule has 0 unspecified atom stereocenters. The Bertz CT molecular complexity index is 3460. The number of para-hydroxylation sites is 2. The van der Waals surface area contributed by atoms with E-state index in [0.29, 0.717) is 0 Å². The normalized spacial score (nSPS) is 13.4. The van der Waals surface area contributed by atoms with Gasteiger partial charge in [0.05, 0.1) is 11.1 Å². The lowest BCUT2D eigenvalue weighted by Gasteiger charge is -2.37. The van der Waals surface area contributed by atoms with Gasteiger partial charge in [-0.25, -0.2) is 0 Å². The summed E-state index contributed by atoms with van der Waals surface area (Å²) in [5.41, 5.74) is 13.1. The van der Waals surface area contributed by atoms with Crippen LogP contribution in [0.4, 0.5) is 17.1 Å². The van der Waals surface area contributed by atoms with Crippen LogP contribution in [-0.2, 0) is 5.41 Å². The minimum Gasteiger partial charge on any atom is -0.456 e. The van der Waals surface area contributed by atoms with Gasteiger partial charge < -0.3 is 18.5 Å². The largest absolute Gasteiger partial charge is 0.456 e. The van der Waals surface area contributed by atoms with Gasteiger partial charge in [-0.2, -0.15) is 0 Å². The van der Waals surface area contributed by atoms with E-state index < -0.39 is 5.41 Å². The van der Waals surface area contributed by atoms with Gasteiger partial charge in [-0.3, -0.25) is 0 Å².